The first-order valence-corrected chi connectivity index (χ1v) is 8.84. The van der Waals surface area contributed by atoms with Gasteiger partial charge in [-0.2, -0.15) is 0 Å². The summed E-state index contributed by atoms with van der Waals surface area (Å²) in [7, 11) is 0. The van der Waals surface area contributed by atoms with E-state index in [1.807, 2.05) is 0 Å². The minimum atomic E-state index is -0.932. The smallest absolute Gasteiger partial charge is 0.254 e. The second kappa shape index (κ2) is 11.0. The highest BCUT2D eigenvalue weighted by molar-refractivity contribution is 5.94. The molecule has 0 unspecified atom stereocenters. The monoisotopic (exact) mass is 394 g/mol. The van der Waals surface area contributed by atoms with Crippen molar-refractivity contribution in [2.24, 2.45) is 0 Å². The highest BCUT2D eigenvalue weighted by Crippen LogP contribution is 2.11. The number of hydrogen-bond acceptors (Lipinski definition) is 3. The molecule has 0 aliphatic carbocycles. The zero-order valence-electron chi connectivity index (χ0n) is 15.1. The summed E-state index contributed by atoms with van der Waals surface area (Å²) in [5.74, 6) is -2.30. The van der Waals surface area contributed by atoms with Crippen LogP contribution in [-0.4, -0.2) is 31.5 Å². The molecule has 5 nitrogen and oxygen atoms in total. The van der Waals surface area contributed by atoms with Crippen LogP contribution in [0.15, 0.2) is 42.5 Å². The van der Waals surface area contributed by atoms with Gasteiger partial charge in [0.1, 0.15) is 23.2 Å². The zero-order valence-corrected chi connectivity index (χ0v) is 15.1. The topological polar surface area (TPSA) is 67.4 Å². The van der Waals surface area contributed by atoms with Crippen molar-refractivity contribution in [1.82, 2.24) is 10.6 Å². The molecule has 2 amide bonds. The molecule has 150 valence electrons. The van der Waals surface area contributed by atoms with Crippen molar-refractivity contribution < 1.29 is 27.5 Å². The second-order valence-electron chi connectivity index (χ2n) is 5.99. The molecule has 2 aromatic carbocycles. The lowest BCUT2D eigenvalue weighted by Gasteiger charge is -2.08. The van der Waals surface area contributed by atoms with Crippen LogP contribution >= 0.6 is 0 Å². The van der Waals surface area contributed by atoms with E-state index in [0.717, 1.165) is 12.1 Å². The first-order chi connectivity index (χ1) is 13.5. The molecule has 2 N–H and O–H groups in total. The van der Waals surface area contributed by atoms with Crippen LogP contribution in [0.2, 0.25) is 0 Å². The van der Waals surface area contributed by atoms with Gasteiger partial charge in [-0.15, -0.1) is 0 Å². The van der Waals surface area contributed by atoms with Gasteiger partial charge in [0.15, 0.2) is 0 Å². The molecule has 0 bridgehead atoms. The lowest BCUT2D eigenvalue weighted by Crippen LogP contribution is -2.28. The average Bonchev–Trinajstić information content (AvgIpc) is 2.66. The minimum Gasteiger partial charge on any atom is -0.494 e. The Balaban J connectivity index is 1.53. The maximum Gasteiger partial charge on any atom is 0.254 e. The highest BCUT2D eigenvalue weighted by atomic mass is 19.1. The van der Waals surface area contributed by atoms with Crippen LogP contribution in [0.4, 0.5) is 13.2 Å². The van der Waals surface area contributed by atoms with Crippen molar-refractivity contribution in [3.63, 3.8) is 0 Å². The van der Waals surface area contributed by atoms with Gasteiger partial charge in [0.2, 0.25) is 5.91 Å². The lowest BCUT2D eigenvalue weighted by molar-refractivity contribution is -0.121. The molecular formula is C20H21F3N2O3. The van der Waals surface area contributed by atoms with Gasteiger partial charge in [-0.25, -0.2) is 13.2 Å². The van der Waals surface area contributed by atoms with Crippen LogP contribution in [0, 0.1) is 17.5 Å². The Labute approximate surface area is 160 Å². The first kappa shape index (κ1) is 21.3. The number of amides is 2. The summed E-state index contributed by atoms with van der Waals surface area (Å²) in [6.45, 7) is 0.995. The van der Waals surface area contributed by atoms with Crippen molar-refractivity contribution in [2.45, 2.75) is 19.3 Å². The normalized spacial score (nSPS) is 10.4. The molecule has 2 rings (SSSR count). The van der Waals surface area contributed by atoms with Crippen LogP contribution in [0.3, 0.4) is 0 Å². The number of hydrogen-bond donors (Lipinski definition) is 2. The van der Waals surface area contributed by atoms with Gasteiger partial charge in [-0.05, 0) is 49.2 Å². The van der Waals surface area contributed by atoms with E-state index in [-0.39, 0.29) is 30.3 Å². The van der Waals surface area contributed by atoms with Crippen molar-refractivity contribution in [3.8, 4) is 5.75 Å². The second-order valence-corrected chi connectivity index (χ2v) is 5.99. The van der Waals surface area contributed by atoms with E-state index in [0.29, 0.717) is 37.8 Å². The molecule has 0 heterocycles. The third-order valence-corrected chi connectivity index (χ3v) is 3.77. The van der Waals surface area contributed by atoms with Gasteiger partial charge in [0.25, 0.3) is 5.91 Å². The quantitative estimate of drug-likeness (QED) is 0.608. The summed E-state index contributed by atoms with van der Waals surface area (Å²) >= 11 is 0. The zero-order chi connectivity index (χ0) is 20.4. The van der Waals surface area contributed by atoms with E-state index in [4.69, 9.17) is 4.74 Å². The number of halogens is 3. The minimum absolute atomic E-state index is 0.177. The average molecular weight is 394 g/mol. The van der Waals surface area contributed by atoms with E-state index in [1.165, 1.54) is 24.3 Å². The SMILES string of the molecule is O=C(CCCNC(=O)c1ccc(F)cc1F)NCCCOc1ccc(F)cc1. The number of carbonyl (C=O) groups is 2. The Kier molecular flexibility index (Phi) is 8.33. The Bertz CT molecular complexity index is 798. The van der Waals surface area contributed by atoms with E-state index >= 15 is 0 Å². The van der Waals surface area contributed by atoms with Crippen molar-refractivity contribution in [2.75, 3.05) is 19.7 Å². The maximum absolute atomic E-state index is 13.5. The fourth-order valence-corrected chi connectivity index (χ4v) is 2.33. The number of ether oxygens (including phenoxy) is 1. The summed E-state index contributed by atoms with van der Waals surface area (Å²) < 4.78 is 44.5. The Hall–Kier alpha value is -3.03. The van der Waals surface area contributed by atoms with Gasteiger partial charge < -0.3 is 15.4 Å². The number of carbonyl (C=O) groups excluding carboxylic acids is 2. The predicted octanol–water partition coefficient (Wildman–Crippen LogP) is 3.20. The molecule has 28 heavy (non-hydrogen) atoms. The summed E-state index contributed by atoms with van der Waals surface area (Å²) in [4.78, 5) is 23.5. The molecule has 0 aliphatic rings. The molecule has 0 spiro atoms. The third-order valence-electron chi connectivity index (χ3n) is 3.77. The Morgan fingerprint density at radius 3 is 2.25 bits per heavy atom. The molecule has 0 fully saturated rings. The highest BCUT2D eigenvalue weighted by Gasteiger charge is 2.12. The van der Waals surface area contributed by atoms with E-state index in [1.54, 1.807) is 0 Å². The maximum atomic E-state index is 13.5. The van der Waals surface area contributed by atoms with Crippen LogP contribution in [-0.2, 0) is 4.79 Å². The summed E-state index contributed by atoms with van der Waals surface area (Å²) in [6, 6.07) is 8.38. The standard InChI is InChI=1S/C20H21F3N2O3/c21-14-4-7-16(8-5-14)28-12-2-11-24-19(26)3-1-10-25-20(27)17-9-6-15(22)13-18(17)23/h4-9,13H,1-3,10-12H2,(H,24,26)(H,25,27). The lowest BCUT2D eigenvalue weighted by atomic mass is 10.2. The van der Waals surface area contributed by atoms with Gasteiger partial charge in [-0.3, -0.25) is 9.59 Å². The van der Waals surface area contributed by atoms with Crippen LogP contribution in [0.1, 0.15) is 29.6 Å². The van der Waals surface area contributed by atoms with Crippen molar-refractivity contribution in [1.29, 1.82) is 0 Å². The molecule has 2 aromatic rings. The molecular weight excluding hydrogens is 373 g/mol. The molecule has 0 saturated heterocycles. The fourth-order valence-electron chi connectivity index (χ4n) is 2.33. The molecule has 0 aliphatic heterocycles. The van der Waals surface area contributed by atoms with E-state index in [9.17, 15) is 22.8 Å². The van der Waals surface area contributed by atoms with Crippen molar-refractivity contribution in [3.05, 3.63) is 65.5 Å². The summed E-state index contributed by atoms with van der Waals surface area (Å²) in [5, 5.41) is 5.20. The Morgan fingerprint density at radius 1 is 0.857 bits per heavy atom. The van der Waals surface area contributed by atoms with Crippen LogP contribution in [0.25, 0.3) is 0 Å². The molecule has 8 heteroatoms. The third kappa shape index (κ3) is 7.30. The molecule has 0 radical (unpaired) electrons. The van der Waals surface area contributed by atoms with E-state index in [2.05, 4.69) is 10.6 Å². The number of rotatable bonds is 10. The fraction of sp³-hybridized carbons (Fsp3) is 0.300. The van der Waals surface area contributed by atoms with Gasteiger partial charge >= 0.3 is 0 Å². The van der Waals surface area contributed by atoms with Gasteiger partial charge in [0, 0.05) is 25.6 Å². The van der Waals surface area contributed by atoms with Gasteiger partial charge in [-0.1, -0.05) is 0 Å². The summed E-state index contributed by atoms with van der Waals surface area (Å²) in [6.07, 6.45) is 1.17. The first-order valence-electron chi connectivity index (χ1n) is 8.84. The molecule has 0 atom stereocenters. The van der Waals surface area contributed by atoms with Gasteiger partial charge in [0.05, 0.1) is 12.2 Å². The largest absolute Gasteiger partial charge is 0.494 e. The molecule has 0 aromatic heterocycles. The Morgan fingerprint density at radius 2 is 1.54 bits per heavy atom. The number of benzene rings is 2. The van der Waals surface area contributed by atoms with Crippen molar-refractivity contribution >= 4 is 11.8 Å². The van der Waals surface area contributed by atoms with E-state index < -0.39 is 17.5 Å². The number of nitrogens with one attached hydrogen (secondary N) is 2. The predicted molar refractivity (Wildman–Crippen MR) is 97.4 cm³/mol. The van der Waals surface area contributed by atoms with Crippen LogP contribution in [0.5, 0.6) is 5.75 Å². The molecule has 0 saturated carbocycles. The summed E-state index contributed by atoms with van der Waals surface area (Å²) in [5.41, 5.74) is -0.244. The van der Waals surface area contributed by atoms with Crippen LogP contribution < -0.4 is 15.4 Å².